The standard InChI is InChI=1S/C18H13N3O4/c1-2-25-18(22)12-5-3-11(4-6-12)17-15(10-19)14-8-7-13(21(23)24)9-16(14)20-17/h3-9,20H,2H2,1H3. The number of aromatic nitrogens is 1. The average Bonchev–Trinajstić information content (AvgIpc) is 2.99. The Hall–Kier alpha value is -3.66. The van der Waals surface area contributed by atoms with Crippen LogP contribution in [0.2, 0.25) is 0 Å². The van der Waals surface area contributed by atoms with Gasteiger partial charge in [0.1, 0.15) is 6.07 Å². The third-order valence-electron chi connectivity index (χ3n) is 3.79. The van der Waals surface area contributed by atoms with Gasteiger partial charge in [-0.25, -0.2) is 4.79 Å². The number of aromatic amines is 1. The zero-order chi connectivity index (χ0) is 18.0. The van der Waals surface area contributed by atoms with Gasteiger partial charge in [0.15, 0.2) is 0 Å². The van der Waals surface area contributed by atoms with Crippen molar-refractivity contribution in [3.8, 4) is 17.3 Å². The molecule has 0 unspecified atom stereocenters. The number of hydrogen-bond donors (Lipinski definition) is 1. The topological polar surface area (TPSA) is 109 Å². The van der Waals surface area contributed by atoms with E-state index in [9.17, 15) is 20.2 Å². The Bertz CT molecular complexity index is 1010. The zero-order valence-corrected chi connectivity index (χ0v) is 13.3. The molecule has 7 heteroatoms. The number of benzene rings is 2. The number of H-pyrrole nitrogens is 1. The smallest absolute Gasteiger partial charge is 0.338 e. The number of nitro groups is 1. The molecule has 2 aromatic carbocycles. The molecule has 0 bridgehead atoms. The fraction of sp³-hybridized carbons (Fsp3) is 0.111. The van der Waals surface area contributed by atoms with E-state index in [-0.39, 0.29) is 5.69 Å². The van der Waals surface area contributed by atoms with Crippen LogP contribution in [0.15, 0.2) is 42.5 Å². The minimum atomic E-state index is -0.486. The normalized spacial score (nSPS) is 10.4. The van der Waals surface area contributed by atoms with Gasteiger partial charge in [-0.1, -0.05) is 12.1 Å². The first-order valence-corrected chi connectivity index (χ1v) is 7.53. The molecule has 0 saturated carbocycles. The summed E-state index contributed by atoms with van der Waals surface area (Å²) in [5.41, 5.74) is 2.51. The fourth-order valence-corrected chi connectivity index (χ4v) is 2.62. The highest BCUT2D eigenvalue weighted by molar-refractivity contribution is 5.95. The molecule has 124 valence electrons. The van der Waals surface area contributed by atoms with Crippen LogP contribution in [0.3, 0.4) is 0 Å². The summed E-state index contributed by atoms with van der Waals surface area (Å²) in [6, 6.07) is 13.1. The molecule has 0 spiro atoms. The predicted molar refractivity (Wildman–Crippen MR) is 91.1 cm³/mol. The van der Waals surface area contributed by atoms with Gasteiger partial charge in [0.2, 0.25) is 0 Å². The van der Waals surface area contributed by atoms with Gasteiger partial charge in [-0.2, -0.15) is 5.26 Å². The average molecular weight is 335 g/mol. The molecular weight excluding hydrogens is 322 g/mol. The number of nitriles is 1. The second kappa shape index (κ2) is 6.45. The van der Waals surface area contributed by atoms with Crippen molar-refractivity contribution in [2.75, 3.05) is 6.61 Å². The molecule has 0 radical (unpaired) electrons. The maximum atomic E-state index is 11.7. The number of ether oxygens (including phenoxy) is 1. The number of carbonyl (C=O) groups excluding carboxylic acids is 1. The highest BCUT2D eigenvalue weighted by Gasteiger charge is 2.16. The van der Waals surface area contributed by atoms with E-state index in [1.165, 1.54) is 12.1 Å². The van der Waals surface area contributed by atoms with E-state index in [4.69, 9.17) is 4.74 Å². The van der Waals surface area contributed by atoms with Crippen LogP contribution in [0.25, 0.3) is 22.2 Å². The second-order valence-electron chi connectivity index (χ2n) is 5.27. The maximum absolute atomic E-state index is 11.7. The third-order valence-corrected chi connectivity index (χ3v) is 3.79. The maximum Gasteiger partial charge on any atom is 0.338 e. The SMILES string of the molecule is CCOC(=O)c1ccc(-c2[nH]c3cc([N+](=O)[O-])ccc3c2C#N)cc1. The highest BCUT2D eigenvalue weighted by Crippen LogP contribution is 2.31. The molecule has 1 N–H and O–H groups in total. The number of esters is 1. The molecule has 3 rings (SSSR count). The molecule has 0 fully saturated rings. The van der Waals surface area contributed by atoms with E-state index in [0.717, 1.165) is 0 Å². The predicted octanol–water partition coefficient (Wildman–Crippen LogP) is 3.79. The van der Waals surface area contributed by atoms with Gasteiger partial charge in [-0.3, -0.25) is 10.1 Å². The Balaban J connectivity index is 2.07. The lowest BCUT2D eigenvalue weighted by Gasteiger charge is -2.03. The summed E-state index contributed by atoms with van der Waals surface area (Å²) in [4.78, 5) is 25.2. The summed E-state index contributed by atoms with van der Waals surface area (Å²) < 4.78 is 4.94. The number of rotatable bonds is 4. The van der Waals surface area contributed by atoms with Crippen LogP contribution >= 0.6 is 0 Å². The summed E-state index contributed by atoms with van der Waals surface area (Å²) in [5.74, 6) is -0.415. The van der Waals surface area contributed by atoms with Crippen molar-refractivity contribution in [1.29, 1.82) is 5.26 Å². The lowest BCUT2D eigenvalue weighted by atomic mass is 10.0. The van der Waals surface area contributed by atoms with Gasteiger partial charge in [-0.05, 0) is 30.7 Å². The molecule has 7 nitrogen and oxygen atoms in total. The fourth-order valence-electron chi connectivity index (χ4n) is 2.62. The van der Waals surface area contributed by atoms with E-state index >= 15 is 0 Å². The monoisotopic (exact) mass is 335 g/mol. The van der Waals surface area contributed by atoms with E-state index in [1.54, 1.807) is 37.3 Å². The zero-order valence-electron chi connectivity index (χ0n) is 13.3. The number of non-ortho nitro benzene ring substituents is 1. The van der Waals surface area contributed by atoms with Gasteiger partial charge in [0.25, 0.3) is 5.69 Å². The van der Waals surface area contributed by atoms with Gasteiger partial charge in [-0.15, -0.1) is 0 Å². The van der Waals surface area contributed by atoms with Gasteiger partial charge >= 0.3 is 5.97 Å². The van der Waals surface area contributed by atoms with Gasteiger partial charge in [0.05, 0.1) is 33.9 Å². The summed E-state index contributed by atoms with van der Waals surface area (Å²) in [6.45, 7) is 2.02. The van der Waals surface area contributed by atoms with Crippen molar-refractivity contribution >= 4 is 22.6 Å². The van der Waals surface area contributed by atoms with Crippen molar-refractivity contribution in [3.63, 3.8) is 0 Å². The van der Waals surface area contributed by atoms with Crippen LogP contribution in [0.5, 0.6) is 0 Å². The van der Waals surface area contributed by atoms with Crippen LogP contribution in [0, 0.1) is 21.4 Å². The molecular formula is C18H13N3O4. The Morgan fingerprint density at radius 1 is 1.28 bits per heavy atom. The van der Waals surface area contributed by atoms with Crippen LogP contribution in [0.1, 0.15) is 22.8 Å². The van der Waals surface area contributed by atoms with E-state index < -0.39 is 10.9 Å². The molecule has 0 atom stereocenters. The van der Waals surface area contributed by atoms with Gasteiger partial charge in [0, 0.05) is 17.5 Å². The lowest BCUT2D eigenvalue weighted by molar-refractivity contribution is -0.384. The lowest BCUT2D eigenvalue weighted by Crippen LogP contribution is -2.04. The Morgan fingerprint density at radius 3 is 2.60 bits per heavy atom. The Kier molecular flexibility index (Phi) is 4.18. The minimum absolute atomic E-state index is 0.0533. The largest absolute Gasteiger partial charge is 0.462 e. The molecule has 0 saturated heterocycles. The number of nitrogens with zero attached hydrogens (tertiary/aromatic N) is 2. The van der Waals surface area contributed by atoms with Crippen LogP contribution in [0.4, 0.5) is 5.69 Å². The third kappa shape index (κ3) is 2.93. The number of carbonyl (C=O) groups is 1. The molecule has 0 amide bonds. The summed E-state index contributed by atoms with van der Waals surface area (Å²) in [7, 11) is 0. The minimum Gasteiger partial charge on any atom is -0.462 e. The first-order valence-electron chi connectivity index (χ1n) is 7.53. The molecule has 1 aromatic heterocycles. The summed E-state index contributed by atoms with van der Waals surface area (Å²) in [5, 5.41) is 21.0. The quantitative estimate of drug-likeness (QED) is 0.443. The van der Waals surface area contributed by atoms with E-state index in [2.05, 4.69) is 11.1 Å². The number of hydrogen-bond acceptors (Lipinski definition) is 5. The Morgan fingerprint density at radius 2 is 2.00 bits per heavy atom. The van der Waals surface area contributed by atoms with Crippen molar-refractivity contribution in [2.45, 2.75) is 6.92 Å². The molecule has 0 aliphatic carbocycles. The van der Waals surface area contributed by atoms with Crippen LogP contribution < -0.4 is 0 Å². The first-order chi connectivity index (χ1) is 12.0. The highest BCUT2D eigenvalue weighted by atomic mass is 16.6. The molecule has 0 aliphatic rings. The summed E-state index contributed by atoms with van der Waals surface area (Å²) >= 11 is 0. The van der Waals surface area contributed by atoms with Crippen molar-refractivity contribution in [2.24, 2.45) is 0 Å². The van der Waals surface area contributed by atoms with Gasteiger partial charge < -0.3 is 9.72 Å². The van der Waals surface area contributed by atoms with Crippen LogP contribution in [-0.4, -0.2) is 22.5 Å². The number of nitrogens with one attached hydrogen (secondary N) is 1. The molecule has 1 heterocycles. The molecule has 25 heavy (non-hydrogen) atoms. The Labute approximate surface area is 142 Å². The molecule has 3 aromatic rings. The number of fused-ring (bicyclic) bond motifs is 1. The summed E-state index contributed by atoms with van der Waals surface area (Å²) in [6.07, 6.45) is 0. The van der Waals surface area contributed by atoms with Crippen molar-refractivity contribution < 1.29 is 14.5 Å². The van der Waals surface area contributed by atoms with Crippen LogP contribution in [-0.2, 0) is 4.74 Å². The van der Waals surface area contributed by atoms with Crippen molar-refractivity contribution in [1.82, 2.24) is 4.98 Å². The van der Waals surface area contributed by atoms with E-state index in [0.29, 0.717) is 39.9 Å². The second-order valence-corrected chi connectivity index (χ2v) is 5.27. The van der Waals surface area contributed by atoms with Crippen molar-refractivity contribution in [3.05, 3.63) is 63.7 Å². The number of nitro benzene ring substituents is 1. The first kappa shape index (κ1) is 16.2. The molecule has 0 aliphatic heterocycles. The van der Waals surface area contributed by atoms with E-state index in [1.807, 2.05) is 0 Å².